The lowest BCUT2D eigenvalue weighted by Gasteiger charge is -2.49. The van der Waals surface area contributed by atoms with Crippen LogP contribution < -0.4 is 14.8 Å². The molecule has 2 aromatic carbocycles. The monoisotopic (exact) mass is 692 g/mol. The number of unbranched alkanes of at least 4 members (excludes halogenated alkanes) is 1. The van der Waals surface area contributed by atoms with Gasteiger partial charge in [0.2, 0.25) is 5.71 Å². The molecule has 0 saturated heterocycles. The van der Waals surface area contributed by atoms with Gasteiger partial charge in [-0.15, -0.1) is 0 Å². The molecule has 0 fully saturated rings. The molecule has 1 atom stereocenters. The molecule has 0 saturated carbocycles. The standard InChI is InChI=1S/C40H57N3O5S/c1-11-14-17-41-37-30-19-28-26(4)23-38(5,6)43(18-15-16-36(44)48-13-3)34(28)21-32(30)40(9,10)33-22-35-29(20-31(33)37)27(25-49(45,46)47)24-39(7,8)42(35)12-2/h19-22,24,26H,11-18,23,25H2,1-10H3,(H,45,46,47)/p+1. The smallest absolute Gasteiger partial charge is 0.305 e. The quantitative estimate of drug-likeness (QED) is 0.160. The molecule has 2 heterocycles. The van der Waals surface area contributed by atoms with Crippen molar-refractivity contribution < 1.29 is 27.5 Å². The van der Waals surface area contributed by atoms with Crippen molar-refractivity contribution in [2.45, 2.75) is 124 Å². The number of benzene rings is 2. The van der Waals surface area contributed by atoms with Crippen molar-refractivity contribution in [3.8, 4) is 0 Å². The molecule has 3 aliphatic rings. The zero-order chi connectivity index (χ0) is 36.1. The Labute approximate surface area is 294 Å². The number of hydrogen-bond donors (Lipinski definition) is 2. The van der Waals surface area contributed by atoms with E-state index in [1.807, 2.05) is 13.0 Å². The van der Waals surface area contributed by atoms with E-state index in [0.717, 1.165) is 67.8 Å². The SMILES string of the molecule is CCCC[NH+]=C1c2cc3c(cc2C(C)(C)c2cc4c(cc21)C(C)CC(C)(C)N4CCCC(=O)OCC)N(CC)C(C)(C)C=C3CS(=O)(=O)O. The summed E-state index contributed by atoms with van der Waals surface area (Å²) in [7, 11) is -4.25. The fraction of sp³-hybridized carbons (Fsp3) is 0.600. The first-order chi connectivity index (χ1) is 22.9. The summed E-state index contributed by atoms with van der Waals surface area (Å²) in [6, 6.07) is 9.27. The summed E-state index contributed by atoms with van der Waals surface area (Å²) in [4.78, 5) is 20.9. The summed E-state index contributed by atoms with van der Waals surface area (Å²) >= 11 is 0. The van der Waals surface area contributed by atoms with Crippen molar-refractivity contribution in [2.75, 3.05) is 41.8 Å². The first-order valence-corrected chi connectivity index (χ1v) is 19.8. The van der Waals surface area contributed by atoms with Crippen LogP contribution in [-0.2, 0) is 25.1 Å². The molecule has 268 valence electrons. The first kappa shape index (κ1) is 37.1. The summed E-state index contributed by atoms with van der Waals surface area (Å²) in [5.41, 5.74) is 9.92. The van der Waals surface area contributed by atoms with Gasteiger partial charge in [-0.05, 0) is 107 Å². The number of carbonyl (C=O) groups excluding carboxylic acids is 1. The van der Waals surface area contributed by atoms with E-state index in [1.165, 1.54) is 27.9 Å². The van der Waals surface area contributed by atoms with Gasteiger partial charge in [0.15, 0.2) is 0 Å². The lowest BCUT2D eigenvalue weighted by atomic mass is 9.65. The van der Waals surface area contributed by atoms with Crippen molar-refractivity contribution >= 4 is 38.7 Å². The summed E-state index contributed by atoms with van der Waals surface area (Å²) in [5.74, 6) is -0.231. The highest BCUT2D eigenvalue weighted by Gasteiger charge is 2.45. The van der Waals surface area contributed by atoms with E-state index >= 15 is 0 Å². The molecule has 0 amide bonds. The Balaban J connectivity index is 1.73. The fourth-order valence-corrected chi connectivity index (χ4v) is 9.37. The zero-order valence-electron chi connectivity index (χ0n) is 31.4. The Morgan fingerprint density at radius 3 is 2.20 bits per heavy atom. The Kier molecular flexibility index (Phi) is 10.2. The summed E-state index contributed by atoms with van der Waals surface area (Å²) in [6.07, 6.45) is 6.21. The van der Waals surface area contributed by atoms with Gasteiger partial charge in [-0.2, -0.15) is 8.42 Å². The van der Waals surface area contributed by atoms with E-state index in [2.05, 4.69) is 101 Å². The maximum absolute atomic E-state index is 12.3. The van der Waals surface area contributed by atoms with E-state index in [1.54, 1.807) is 0 Å². The Hall–Kier alpha value is -3.17. The molecule has 0 aromatic heterocycles. The molecule has 0 radical (unpaired) electrons. The summed E-state index contributed by atoms with van der Waals surface area (Å²) in [5, 5.41) is 0. The molecule has 1 unspecified atom stereocenters. The Morgan fingerprint density at radius 1 is 0.939 bits per heavy atom. The lowest BCUT2D eigenvalue weighted by molar-refractivity contribution is -0.456. The highest BCUT2D eigenvalue weighted by atomic mass is 32.2. The van der Waals surface area contributed by atoms with Crippen molar-refractivity contribution in [1.82, 2.24) is 0 Å². The molecule has 1 aliphatic carbocycles. The van der Waals surface area contributed by atoms with Crippen LogP contribution in [0.1, 0.15) is 141 Å². The average Bonchev–Trinajstić information content (AvgIpc) is 2.98. The number of fused-ring (bicyclic) bond motifs is 4. The summed E-state index contributed by atoms with van der Waals surface area (Å²) in [6.45, 7) is 24.6. The second-order valence-electron chi connectivity index (χ2n) is 15.9. The minimum absolute atomic E-state index is 0.0833. The van der Waals surface area contributed by atoms with Crippen LogP contribution in [0.15, 0.2) is 30.3 Å². The van der Waals surface area contributed by atoms with Gasteiger partial charge in [0.05, 0.1) is 23.3 Å². The number of likely N-dealkylation sites (N-methyl/N-ethyl adjacent to an activating group) is 1. The van der Waals surface area contributed by atoms with Crippen molar-refractivity contribution in [3.05, 3.63) is 63.7 Å². The molecule has 5 rings (SSSR count). The maximum Gasteiger partial charge on any atom is 0.305 e. The average molecular weight is 693 g/mol. The van der Waals surface area contributed by atoms with Crippen molar-refractivity contribution in [3.63, 3.8) is 0 Å². The molecule has 49 heavy (non-hydrogen) atoms. The first-order valence-electron chi connectivity index (χ1n) is 18.2. The van der Waals surface area contributed by atoms with E-state index in [-0.39, 0.29) is 16.9 Å². The second-order valence-corrected chi connectivity index (χ2v) is 17.4. The zero-order valence-corrected chi connectivity index (χ0v) is 32.2. The van der Waals surface area contributed by atoms with Gasteiger partial charge in [-0.1, -0.05) is 40.2 Å². The summed E-state index contributed by atoms with van der Waals surface area (Å²) < 4.78 is 39.8. The van der Waals surface area contributed by atoms with Crippen LogP contribution in [0.25, 0.3) is 5.57 Å². The van der Waals surface area contributed by atoms with Crippen LogP contribution in [0.5, 0.6) is 0 Å². The van der Waals surface area contributed by atoms with Crippen LogP contribution in [0, 0.1) is 0 Å². The number of anilines is 2. The normalized spacial score (nSPS) is 21.0. The van der Waals surface area contributed by atoms with Gasteiger partial charge in [0.1, 0.15) is 12.3 Å². The largest absolute Gasteiger partial charge is 0.466 e. The number of rotatable bonds is 11. The van der Waals surface area contributed by atoms with Crippen LogP contribution in [0.2, 0.25) is 0 Å². The number of hydrogen-bond acceptors (Lipinski definition) is 6. The molecule has 0 bridgehead atoms. The predicted molar refractivity (Wildman–Crippen MR) is 201 cm³/mol. The number of nitrogens with one attached hydrogen (secondary N) is 1. The topological polar surface area (TPSA) is 101 Å². The molecule has 2 N–H and O–H groups in total. The van der Waals surface area contributed by atoms with Crippen LogP contribution in [-0.4, -0.2) is 67.7 Å². The second kappa shape index (κ2) is 13.5. The van der Waals surface area contributed by atoms with Crippen molar-refractivity contribution in [1.29, 1.82) is 0 Å². The van der Waals surface area contributed by atoms with Crippen LogP contribution >= 0.6 is 0 Å². The minimum atomic E-state index is -4.25. The third-order valence-electron chi connectivity index (χ3n) is 11.0. The van der Waals surface area contributed by atoms with E-state index in [0.29, 0.717) is 24.5 Å². The van der Waals surface area contributed by atoms with Crippen LogP contribution in [0.3, 0.4) is 0 Å². The Morgan fingerprint density at radius 2 is 1.59 bits per heavy atom. The van der Waals surface area contributed by atoms with Gasteiger partial charge in [0, 0.05) is 53.8 Å². The molecule has 2 aliphatic heterocycles. The highest BCUT2D eigenvalue weighted by molar-refractivity contribution is 7.86. The maximum atomic E-state index is 12.3. The number of nitrogens with zero attached hydrogens (tertiary/aromatic N) is 2. The number of carbonyl (C=O) groups is 1. The number of ether oxygens (including phenoxy) is 1. The van der Waals surface area contributed by atoms with Gasteiger partial charge in [-0.25, -0.2) is 4.99 Å². The fourth-order valence-electron chi connectivity index (χ4n) is 8.74. The minimum Gasteiger partial charge on any atom is -0.466 e. The van der Waals surface area contributed by atoms with E-state index in [4.69, 9.17) is 4.74 Å². The lowest BCUT2D eigenvalue weighted by Crippen LogP contribution is -2.74. The van der Waals surface area contributed by atoms with Gasteiger partial charge >= 0.3 is 5.97 Å². The van der Waals surface area contributed by atoms with Crippen molar-refractivity contribution in [2.24, 2.45) is 0 Å². The third kappa shape index (κ3) is 7.07. The van der Waals surface area contributed by atoms with Gasteiger partial charge in [0.25, 0.3) is 10.1 Å². The van der Waals surface area contributed by atoms with Crippen LogP contribution in [0.4, 0.5) is 11.4 Å². The molecular weight excluding hydrogens is 635 g/mol. The predicted octanol–water partition coefficient (Wildman–Crippen LogP) is 6.37. The molecule has 2 aromatic rings. The Bertz CT molecular complexity index is 1790. The van der Waals surface area contributed by atoms with Gasteiger partial charge in [-0.3, -0.25) is 9.35 Å². The molecular formula is C40H58N3O5S+. The third-order valence-corrected chi connectivity index (χ3v) is 11.6. The van der Waals surface area contributed by atoms with E-state index in [9.17, 15) is 17.8 Å². The molecule has 9 heteroatoms. The van der Waals surface area contributed by atoms with E-state index < -0.39 is 21.4 Å². The van der Waals surface area contributed by atoms with Gasteiger partial charge < -0.3 is 14.5 Å². The number of esters is 1. The molecule has 0 spiro atoms. The molecule has 8 nitrogen and oxygen atoms in total. The highest BCUT2D eigenvalue weighted by Crippen LogP contribution is 2.51.